The van der Waals surface area contributed by atoms with Gasteiger partial charge in [-0.25, -0.2) is 0 Å². The minimum atomic E-state index is 0.00584. The average molecular weight is 269 g/mol. The molecule has 0 atom stereocenters. The van der Waals surface area contributed by atoms with E-state index in [0.29, 0.717) is 23.2 Å². The van der Waals surface area contributed by atoms with E-state index >= 15 is 0 Å². The van der Waals surface area contributed by atoms with E-state index in [9.17, 15) is 4.79 Å². The van der Waals surface area contributed by atoms with Gasteiger partial charge < -0.3 is 10.6 Å². The molecule has 1 aromatic carbocycles. The maximum absolute atomic E-state index is 11.7. The first kappa shape index (κ1) is 15.0. The zero-order valence-electron chi connectivity index (χ0n) is 11.2. The Labute approximate surface area is 114 Å². The number of amides is 1. The van der Waals surface area contributed by atoms with Crippen molar-refractivity contribution in [3.8, 4) is 0 Å². The lowest BCUT2D eigenvalue weighted by Gasteiger charge is -2.09. The molecule has 0 unspecified atom stereocenters. The molecule has 0 aliphatic heterocycles. The van der Waals surface area contributed by atoms with Crippen LogP contribution in [0.5, 0.6) is 0 Å². The first-order valence-corrected chi connectivity index (χ1v) is 6.66. The van der Waals surface area contributed by atoms with E-state index in [-0.39, 0.29) is 5.91 Å². The second kappa shape index (κ2) is 7.39. The van der Waals surface area contributed by atoms with Crippen molar-refractivity contribution < 1.29 is 4.79 Å². The fourth-order valence-corrected chi connectivity index (χ4v) is 1.86. The van der Waals surface area contributed by atoms with Gasteiger partial charge in [-0.15, -0.1) is 0 Å². The van der Waals surface area contributed by atoms with Crippen LogP contribution in [-0.2, 0) is 4.79 Å². The lowest BCUT2D eigenvalue weighted by atomic mass is 10.2. The van der Waals surface area contributed by atoms with Crippen molar-refractivity contribution in [2.75, 3.05) is 11.9 Å². The molecule has 0 spiro atoms. The predicted octanol–water partition coefficient (Wildman–Crippen LogP) is 3.37. The van der Waals surface area contributed by atoms with E-state index in [2.05, 4.69) is 24.5 Å². The second-order valence-electron chi connectivity index (χ2n) is 4.74. The number of carbonyl (C=O) groups is 1. The third-order valence-corrected chi connectivity index (χ3v) is 2.84. The largest absolute Gasteiger partial charge is 0.325 e. The van der Waals surface area contributed by atoms with Crippen LogP contribution in [0.1, 0.15) is 32.3 Å². The van der Waals surface area contributed by atoms with Gasteiger partial charge in [0.05, 0.1) is 10.7 Å². The first-order valence-electron chi connectivity index (χ1n) is 6.28. The molecule has 1 rings (SSSR count). The Morgan fingerprint density at radius 2 is 2.11 bits per heavy atom. The number of halogens is 1. The molecule has 3 nitrogen and oxygen atoms in total. The van der Waals surface area contributed by atoms with Crippen LogP contribution in [0.25, 0.3) is 0 Å². The standard InChI is InChI=1S/C14H21ClN2O/c1-10(2)16-8-4-5-14(18)17-13-7-6-11(3)9-12(13)15/h6-7,9-10,16H,4-5,8H2,1-3H3,(H,17,18). The van der Waals surface area contributed by atoms with Crippen molar-refractivity contribution in [2.24, 2.45) is 0 Å². The molecule has 18 heavy (non-hydrogen) atoms. The summed E-state index contributed by atoms with van der Waals surface area (Å²) in [6.07, 6.45) is 1.33. The van der Waals surface area contributed by atoms with Crippen LogP contribution < -0.4 is 10.6 Å². The van der Waals surface area contributed by atoms with E-state index in [1.165, 1.54) is 0 Å². The van der Waals surface area contributed by atoms with Crippen LogP contribution in [-0.4, -0.2) is 18.5 Å². The van der Waals surface area contributed by atoms with Crippen LogP contribution in [0.15, 0.2) is 18.2 Å². The van der Waals surface area contributed by atoms with E-state index in [4.69, 9.17) is 11.6 Å². The summed E-state index contributed by atoms with van der Waals surface area (Å²) in [5.74, 6) is 0.00584. The monoisotopic (exact) mass is 268 g/mol. The van der Waals surface area contributed by atoms with E-state index in [1.54, 1.807) is 0 Å². The van der Waals surface area contributed by atoms with Gasteiger partial charge in [0.15, 0.2) is 0 Å². The Balaban J connectivity index is 2.35. The zero-order valence-corrected chi connectivity index (χ0v) is 12.0. The normalized spacial score (nSPS) is 10.7. The Bertz CT molecular complexity index is 405. The molecule has 1 aromatic rings. The molecular weight excluding hydrogens is 248 g/mol. The van der Waals surface area contributed by atoms with Crippen molar-refractivity contribution in [3.05, 3.63) is 28.8 Å². The summed E-state index contributed by atoms with van der Waals surface area (Å²) in [7, 11) is 0. The number of hydrogen-bond donors (Lipinski definition) is 2. The molecule has 0 saturated carbocycles. The van der Waals surface area contributed by atoms with Gasteiger partial charge in [-0.1, -0.05) is 31.5 Å². The summed E-state index contributed by atoms with van der Waals surface area (Å²) in [4.78, 5) is 11.7. The lowest BCUT2D eigenvalue weighted by molar-refractivity contribution is -0.116. The number of benzene rings is 1. The zero-order chi connectivity index (χ0) is 13.5. The van der Waals surface area contributed by atoms with Crippen molar-refractivity contribution in [1.29, 1.82) is 0 Å². The summed E-state index contributed by atoms with van der Waals surface area (Å²) in [5.41, 5.74) is 1.77. The summed E-state index contributed by atoms with van der Waals surface area (Å²) in [5, 5.41) is 6.69. The first-order chi connectivity index (χ1) is 8.49. The fourth-order valence-electron chi connectivity index (χ4n) is 1.57. The molecule has 0 aliphatic carbocycles. The average Bonchev–Trinajstić information content (AvgIpc) is 2.28. The molecule has 0 aromatic heterocycles. The highest BCUT2D eigenvalue weighted by atomic mass is 35.5. The van der Waals surface area contributed by atoms with Gasteiger partial charge in [-0.2, -0.15) is 0 Å². The van der Waals surface area contributed by atoms with Crippen LogP contribution in [0, 0.1) is 6.92 Å². The van der Waals surface area contributed by atoms with Crippen molar-refractivity contribution >= 4 is 23.2 Å². The highest BCUT2D eigenvalue weighted by Gasteiger charge is 2.05. The summed E-state index contributed by atoms with van der Waals surface area (Å²) in [6.45, 7) is 7.00. The van der Waals surface area contributed by atoms with Crippen LogP contribution in [0.2, 0.25) is 5.02 Å². The Morgan fingerprint density at radius 3 is 2.72 bits per heavy atom. The molecule has 0 bridgehead atoms. The minimum Gasteiger partial charge on any atom is -0.325 e. The van der Waals surface area contributed by atoms with Gasteiger partial charge in [-0.3, -0.25) is 4.79 Å². The van der Waals surface area contributed by atoms with Crippen LogP contribution in [0.3, 0.4) is 0 Å². The number of rotatable bonds is 6. The second-order valence-corrected chi connectivity index (χ2v) is 5.15. The predicted molar refractivity (Wildman–Crippen MR) is 77.2 cm³/mol. The third-order valence-electron chi connectivity index (χ3n) is 2.53. The van der Waals surface area contributed by atoms with Gasteiger partial charge in [0.2, 0.25) is 5.91 Å². The van der Waals surface area contributed by atoms with Crippen molar-refractivity contribution in [3.63, 3.8) is 0 Å². The van der Waals surface area contributed by atoms with Gasteiger partial charge >= 0.3 is 0 Å². The minimum absolute atomic E-state index is 0.00584. The van der Waals surface area contributed by atoms with Gasteiger partial charge in [-0.05, 0) is 37.6 Å². The van der Waals surface area contributed by atoms with Gasteiger partial charge in [0.25, 0.3) is 0 Å². The number of nitrogens with one attached hydrogen (secondary N) is 2. The molecule has 0 radical (unpaired) electrons. The third kappa shape index (κ3) is 5.52. The van der Waals surface area contributed by atoms with Crippen LogP contribution in [0.4, 0.5) is 5.69 Å². The quantitative estimate of drug-likeness (QED) is 0.777. The molecule has 4 heteroatoms. The van der Waals surface area contributed by atoms with E-state index in [1.807, 2.05) is 25.1 Å². The molecule has 1 amide bonds. The van der Waals surface area contributed by atoms with Crippen LogP contribution >= 0.6 is 11.6 Å². The smallest absolute Gasteiger partial charge is 0.224 e. The molecule has 0 fully saturated rings. The fraction of sp³-hybridized carbons (Fsp3) is 0.500. The molecule has 0 aliphatic rings. The van der Waals surface area contributed by atoms with Crippen molar-refractivity contribution in [2.45, 2.75) is 39.7 Å². The highest BCUT2D eigenvalue weighted by molar-refractivity contribution is 6.33. The Morgan fingerprint density at radius 1 is 1.39 bits per heavy atom. The van der Waals surface area contributed by atoms with Gasteiger partial charge in [0.1, 0.15) is 0 Å². The van der Waals surface area contributed by atoms with Gasteiger partial charge in [0, 0.05) is 12.5 Å². The molecule has 0 heterocycles. The lowest BCUT2D eigenvalue weighted by Crippen LogP contribution is -2.24. The Kier molecular flexibility index (Phi) is 6.16. The summed E-state index contributed by atoms with van der Waals surface area (Å²) >= 11 is 6.05. The Hall–Kier alpha value is -1.06. The summed E-state index contributed by atoms with van der Waals surface area (Å²) in [6, 6.07) is 6.07. The van der Waals surface area contributed by atoms with E-state index in [0.717, 1.165) is 18.5 Å². The number of anilines is 1. The number of aryl methyl sites for hydroxylation is 1. The maximum Gasteiger partial charge on any atom is 0.224 e. The number of hydrogen-bond acceptors (Lipinski definition) is 2. The molecular formula is C14H21ClN2O. The molecule has 2 N–H and O–H groups in total. The van der Waals surface area contributed by atoms with E-state index < -0.39 is 0 Å². The number of carbonyl (C=O) groups excluding carboxylic acids is 1. The summed E-state index contributed by atoms with van der Waals surface area (Å²) < 4.78 is 0. The molecule has 100 valence electrons. The maximum atomic E-state index is 11.7. The molecule has 0 saturated heterocycles. The SMILES string of the molecule is Cc1ccc(NC(=O)CCCNC(C)C)c(Cl)c1. The topological polar surface area (TPSA) is 41.1 Å². The highest BCUT2D eigenvalue weighted by Crippen LogP contribution is 2.22. The van der Waals surface area contributed by atoms with Crippen molar-refractivity contribution in [1.82, 2.24) is 5.32 Å².